The normalized spacial score (nSPS) is 18.3. The van der Waals surface area contributed by atoms with E-state index in [1.165, 1.54) is 45.0 Å². The van der Waals surface area contributed by atoms with Crippen molar-refractivity contribution in [2.45, 2.75) is 68.6 Å². The van der Waals surface area contributed by atoms with Crippen LogP contribution in [0.2, 0.25) is 0 Å². The maximum absolute atomic E-state index is 13.4. The van der Waals surface area contributed by atoms with Crippen LogP contribution in [0.25, 0.3) is 21.5 Å². The molecule has 2 heterocycles. The molecule has 0 spiro atoms. The molecule has 0 bridgehead atoms. The molecule has 2 aliphatic heterocycles. The van der Waals surface area contributed by atoms with Crippen molar-refractivity contribution in [3.05, 3.63) is 41.3 Å². The van der Waals surface area contributed by atoms with Crippen molar-refractivity contribution < 1.29 is 22.0 Å². The molecule has 2 N–H and O–H groups in total. The number of nitroso groups, excluding NO2 is 1. The first-order valence-electron chi connectivity index (χ1n) is 13.1. The van der Waals surface area contributed by atoms with Crippen LogP contribution < -0.4 is 5.48 Å². The Hall–Kier alpha value is -2.64. The Kier molecular flexibility index (Phi) is 8.91. The van der Waals surface area contributed by atoms with Gasteiger partial charge >= 0.3 is 0 Å². The highest BCUT2D eigenvalue weighted by atomic mass is 32.2. The van der Waals surface area contributed by atoms with Crippen LogP contribution in [0.1, 0.15) is 58.8 Å². The predicted octanol–water partition coefficient (Wildman–Crippen LogP) is 5.96. The van der Waals surface area contributed by atoms with Gasteiger partial charge in [-0.3, -0.25) is 10.7 Å². The van der Waals surface area contributed by atoms with Crippen molar-refractivity contribution in [1.82, 2.24) is 8.61 Å². The number of sulfonamides is 2. The van der Waals surface area contributed by atoms with Crippen molar-refractivity contribution in [3.63, 3.8) is 0 Å². The topological polar surface area (TPSA) is 136 Å². The van der Waals surface area contributed by atoms with Crippen molar-refractivity contribution >= 4 is 53.0 Å². The van der Waals surface area contributed by atoms with Gasteiger partial charge in [0.1, 0.15) is 5.69 Å². The van der Waals surface area contributed by atoms with Crippen LogP contribution in [0.4, 0.5) is 11.4 Å². The fourth-order valence-electron chi connectivity index (χ4n) is 5.57. The third-order valence-electron chi connectivity index (χ3n) is 7.64. The SMILES string of the molecule is C.O=Nc1c2cc(S(=O)(=O)N3CCCCCC3)ccc2c(NO)c2cc(S(=O)(=O)N3CCCCCC3)ccc12. The van der Waals surface area contributed by atoms with E-state index in [0.717, 1.165) is 51.4 Å². The van der Waals surface area contributed by atoms with Crippen LogP contribution in [0.5, 0.6) is 0 Å². The van der Waals surface area contributed by atoms with Gasteiger partial charge in [-0.25, -0.2) is 16.8 Å². The first-order valence-corrected chi connectivity index (χ1v) is 15.9. The fraction of sp³-hybridized carbons (Fsp3) is 0.481. The molecule has 39 heavy (non-hydrogen) atoms. The molecule has 0 aliphatic carbocycles. The van der Waals surface area contributed by atoms with Crippen molar-refractivity contribution in [2.24, 2.45) is 5.18 Å². The van der Waals surface area contributed by atoms with Gasteiger partial charge in [0.25, 0.3) is 0 Å². The molecule has 2 fully saturated rings. The summed E-state index contributed by atoms with van der Waals surface area (Å²) in [4.78, 5) is 12.2. The molecule has 3 aromatic carbocycles. The summed E-state index contributed by atoms with van der Waals surface area (Å²) in [7, 11) is -7.58. The lowest BCUT2D eigenvalue weighted by Crippen LogP contribution is -2.32. The highest BCUT2D eigenvalue weighted by molar-refractivity contribution is 7.89. The Bertz CT molecular complexity index is 1580. The van der Waals surface area contributed by atoms with Gasteiger partial charge in [0.2, 0.25) is 20.0 Å². The van der Waals surface area contributed by atoms with Crippen LogP contribution in [0.3, 0.4) is 0 Å². The Morgan fingerprint density at radius 3 is 1.51 bits per heavy atom. The smallest absolute Gasteiger partial charge is 0.243 e. The van der Waals surface area contributed by atoms with Crippen molar-refractivity contribution in [1.29, 1.82) is 0 Å². The van der Waals surface area contributed by atoms with E-state index in [4.69, 9.17) is 0 Å². The number of fused-ring (bicyclic) bond motifs is 2. The van der Waals surface area contributed by atoms with Crippen LogP contribution in [0.15, 0.2) is 51.4 Å². The molecule has 0 amide bonds. The van der Waals surface area contributed by atoms with Gasteiger partial charge < -0.3 is 0 Å². The number of hydrogen-bond acceptors (Lipinski definition) is 8. The molecule has 0 aromatic heterocycles. The van der Waals surface area contributed by atoms with E-state index in [1.807, 2.05) is 0 Å². The lowest BCUT2D eigenvalue weighted by Gasteiger charge is -2.21. The molecule has 0 saturated carbocycles. The van der Waals surface area contributed by atoms with Gasteiger partial charge in [-0.15, -0.1) is 4.91 Å². The van der Waals surface area contributed by atoms with Crippen LogP contribution in [-0.2, 0) is 20.0 Å². The number of nitrogens with zero attached hydrogens (tertiary/aromatic N) is 3. The average Bonchev–Trinajstić information content (AvgIpc) is 3.38. The molecule has 0 radical (unpaired) electrons. The van der Waals surface area contributed by atoms with Gasteiger partial charge in [0.15, 0.2) is 0 Å². The van der Waals surface area contributed by atoms with Crippen LogP contribution in [0, 0.1) is 4.91 Å². The fourth-order valence-corrected chi connectivity index (χ4v) is 8.65. The van der Waals surface area contributed by atoms with E-state index in [0.29, 0.717) is 42.3 Å². The minimum absolute atomic E-state index is 0. The molecular weight excluding hydrogens is 540 g/mol. The lowest BCUT2D eigenvalue weighted by molar-refractivity contribution is 0.390. The first kappa shape index (κ1) is 29.3. The molecule has 0 atom stereocenters. The molecule has 212 valence electrons. The first-order chi connectivity index (χ1) is 18.3. The van der Waals surface area contributed by atoms with Gasteiger partial charge in [-0.1, -0.05) is 45.2 Å². The van der Waals surface area contributed by atoms with Gasteiger partial charge in [-0.2, -0.15) is 8.61 Å². The second-order valence-electron chi connectivity index (χ2n) is 9.98. The summed E-state index contributed by atoms with van der Waals surface area (Å²) in [5, 5.41) is 14.5. The van der Waals surface area contributed by atoms with E-state index in [9.17, 15) is 26.9 Å². The molecular formula is C27H36N4O6S2. The maximum Gasteiger partial charge on any atom is 0.243 e. The number of anilines is 1. The summed E-state index contributed by atoms with van der Waals surface area (Å²) in [5.41, 5.74) is 2.31. The minimum atomic E-state index is -3.79. The van der Waals surface area contributed by atoms with Crippen LogP contribution in [-0.4, -0.2) is 56.8 Å². The molecule has 2 saturated heterocycles. The third-order valence-corrected chi connectivity index (χ3v) is 11.4. The van der Waals surface area contributed by atoms with E-state index in [1.54, 1.807) is 0 Å². The summed E-state index contributed by atoms with van der Waals surface area (Å²) in [6.45, 7) is 1.76. The number of benzene rings is 3. The number of hydrogen-bond donors (Lipinski definition) is 2. The van der Waals surface area contributed by atoms with E-state index in [-0.39, 0.29) is 34.0 Å². The highest BCUT2D eigenvalue weighted by Crippen LogP contribution is 2.43. The number of rotatable bonds is 6. The van der Waals surface area contributed by atoms with Gasteiger partial charge in [0.05, 0.1) is 15.5 Å². The molecule has 0 unspecified atom stereocenters. The monoisotopic (exact) mass is 576 g/mol. The molecule has 2 aliphatic rings. The predicted molar refractivity (Wildman–Crippen MR) is 154 cm³/mol. The zero-order chi connectivity index (χ0) is 26.9. The van der Waals surface area contributed by atoms with Gasteiger partial charge in [-0.05, 0) is 55.1 Å². The summed E-state index contributed by atoms with van der Waals surface area (Å²) in [6.07, 6.45) is 7.10. The summed E-state index contributed by atoms with van der Waals surface area (Å²) < 4.78 is 56.6. The summed E-state index contributed by atoms with van der Waals surface area (Å²) in [5.74, 6) is 0. The minimum Gasteiger partial charge on any atom is -0.291 e. The van der Waals surface area contributed by atoms with Crippen molar-refractivity contribution in [2.75, 3.05) is 31.7 Å². The zero-order valence-corrected chi connectivity index (χ0v) is 22.7. The Morgan fingerprint density at radius 1 is 0.641 bits per heavy atom. The summed E-state index contributed by atoms with van der Waals surface area (Å²) >= 11 is 0. The third kappa shape index (κ3) is 5.40. The summed E-state index contributed by atoms with van der Waals surface area (Å²) in [6, 6.07) is 8.73. The molecule has 3 aromatic rings. The maximum atomic E-state index is 13.4. The standard InChI is InChI=1S/C26H32N4O6S2.CH4/c31-27-25-22-12-10-20(38(35,36)30-15-7-3-4-8-16-30)18-24(22)26(28-32)21-11-9-19(17-23(21)25)37(33,34)29-13-5-1-2-6-14-29;/h9-12,17-18,27,31H,1-8,13-16H2;1H4. The second kappa shape index (κ2) is 11.8. The van der Waals surface area contributed by atoms with Crippen molar-refractivity contribution in [3.8, 4) is 0 Å². The Labute approximate surface area is 230 Å². The largest absolute Gasteiger partial charge is 0.291 e. The van der Waals surface area contributed by atoms with E-state index >= 15 is 0 Å². The molecule has 12 heteroatoms. The highest BCUT2D eigenvalue weighted by Gasteiger charge is 2.28. The number of nitrogens with one attached hydrogen (secondary N) is 1. The Balaban J connectivity index is 0.00000353. The quantitative estimate of drug-likeness (QED) is 0.210. The van der Waals surface area contributed by atoms with Gasteiger partial charge in [0, 0.05) is 47.7 Å². The average molecular weight is 577 g/mol. The van der Waals surface area contributed by atoms with Crippen LogP contribution >= 0.6 is 0 Å². The molecule has 10 nitrogen and oxygen atoms in total. The van der Waals surface area contributed by atoms with E-state index < -0.39 is 20.0 Å². The lowest BCUT2D eigenvalue weighted by atomic mass is 9.99. The Morgan fingerprint density at radius 2 is 1.08 bits per heavy atom. The second-order valence-corrected chi connectivity index (χ2v) is 13.9. The van der Waals surface area contributed by atoms with E-state index in [2.05, 4.69) is 10.7 Å². The molecule has 5 rings (SSSR count). The zero-order valence-electron chi connectivity index (χ0n) is 21.1.